The molecule has 0 aliphatic rings. The molecule has 0 amide bonds. The van der Waals surface area contributed by atoms with Gasteiger partial charge in [-0.15, -0.1) is 0 Å². The van der Waals surface area contributed by atoms with Crippen LogP contribution in [0.5, 0.6) is 0 Å². The molecule has 90 valence electrons. The molecule has 1 aromatic rings. The highest BCUT2D eigenvalue weighted by Gasteiger charge is 2.23. The first-order chi connectivity index (χ1) is 7.38. The summed E-state index contributed by atoms with van der Waals surface area (Å²) in [5.74, 6) is 0. The lowest BCUT2D eigenvalue weighted by molar-refractivity contribution is 0.327. The van der Waals surface area contributed by atoms with Gasteiger partial charge in [0.25, 0.3) is 10.1 Å². The minimum atomic E-state index is -4.00. The highest BCUT2D eigenvalue weighted by atomic mass is 35.5. The summed E-state index contributed by atoms with van der Waals surface area (Å²) in [5, 5.41) is 0.0665. The molecule has 8 heteroatoms. The minimum Gasteiger partial charge on any atom is -0.328 e. The molecule has 0 spiro atoms. The fraction of sp³-hybridized carbons (Fsp3) is 0.250. The molecule has 1 rings (SSSR count). The van der Waals surface area contributed by atoms with E-state index in [1.54, 1.807) is 0 Å². The van der Waals surface area contributed by atoms with E-state index >= 15 is 0 Å². The Labute approximate surface area is 108 Å². The Morgan fingerprint density at radius 1 is 1.19 bits per heavy atom. The van der Waals surface area contributed by atoms with Crippen LogP contribution < -0.4 is 5.73 Å². The van der Waals surface area contributed by atoms with Gasteiger partial charge in [-0.05, 0) is 12.1 Å². The number of benzene rings is 1. The van der Waals surface area contributed by atoms with Crippen LogP contribution in [0.25, 0.3) is 0 Å². The molecule has 0 saturated carbocycles. The smallest absolute Gasteiger partial charge is 0.300 e. The van der Waals surface area contributed by atoms with Gasteiger partial charge in [0.2, 0.25) is 0 Å². The summed E-state index contributed by atoms with van der Waals surface area (Å²) < 4.78 is 27.9. The average Bonchev–Trinajstić information content (AvgIpc) is 2.12. The summed E-state index contributed by atoms with van der Waals surface area (Å²) in [6.45, 7) is -0.0698. The molecule has 16 heavy (non-hydrogen) atoms. The lowest BCUT2D eigenvalue weighted by Gasteiger charge is -2.08. The first kappa shape index (κ1) is 14.0. The summed E-state index contributed by atoms with van der Waals surface area (Å²) in [7, 11) is -4.00. The van der Waals surface area contributed by atoms with E-state index in [0.717, 1.165) is 0 Å². The SMILES string of the molecule is NCCOS(=O)(=O)c1c(Cl)cc(Cl)cc1Cl. The zero-order valence-electron chi connectivity index (χ0n) is 7.91. The van der Waals surface area contributed by atoms with Crippen LogP contribution in [0.15, 0.2) is 17.0 Å². The van der Waals surface area contributed by atoms with E-state index in [-0.39, 0.29) is 33.1 Å². The zero-order chi connectivity index (χ0) is 12.3. The van der Waals surface area contributed by atoms with Crippen molar-refractivity contribution in [1.29, 1.82) is 0 Å². The van der Waals surface area contributed by atoms with Crippen LogP contribution in [-0.4, -0.2) is 21.6 Å². The van der Waals surface area contributed by atoms with E-state index in [1.807, 2.05) is 0 Å². The number of rotatable bonds is 4. The van der Waals surface area contributed by atoms with Crippen LogP contribution in [0.1, 0.15) is 0 Å². The number of nitrogens with two attached hydrogens (primary N) is 1. The zero-order valence-corrected chi connectivity index (χ0v) is 11.0. The standard InChI is InChI=1S/C8H8Cl3NO3S/c9-5-3-6(10)8(7(11)4-5)16(13,14)15-2-1-12/h3-4H,1-2,12H2. The van der Waals surface area contributed by atoms with E-state index in [4.69, 9.17) is 40.5 Å². The second-order valence-electron chi connectivity index (χ2n) is 2.76. The maximum atomic E-state index is 11.7. The number of halogens is 3. The van der Waals surface area contributed by atoms with Crippen molar-refractivity contribution in [2.24, 2.45) is 5.73 Å². The van der Waals surface area contributed by atoms with Crippen molar-refractivity contribution in [2.75, 3.05) is 13.2 Å². The third-order valence-corrected chi connectivity index (χ3v) is 4.02. The van der Waals surface area contributed by atoms with E-state index in [9.17, 15) is 8.42 Å². The first-order valence-corrected chi connectivity index (χ1v) is 6.66. The summed E-state index contributed by atoms with van der Waals surface area (Å²) >= 11 is 17.1. The highest BCUT2D eigenvalue weighted by molar-refractivity contribution is 7.87. The van der Waals surface area contributed by atoms with E-state index in [0.29, 0.717) is 0 Å². The van der Waals surface area contributed by atoms with Gasteiger partial charge in [-0.3, -0.25) is 4.18 Å². The molecule has 0 fully saturated rings. The maximum absolute atomic E-state index is 11.7. The molecule has 0 aromatic heterocycles. The van der Waals surface area contributed by atoms with E-state index < -0.39 is 10.1 Å². The molecule has 1 aromatic carbocycles. The molecule has 0 aliphatic heterocycles. The lowest BCUT2D eigenvalue weighted by Crippen LogP contribution is -2.14. The summed E-state index contributed by atoms with van der Waals surface area (Å²) in [6, 6.07) is 2.54. The van der Waals surface area contributed by atoms with E-state index in [2.05, 4.69) is 4.18 Å². The molecular weight excluding hydrogens is 297 g/mol. The molecule has 0 saturated heterocycles. The largest absolute Gasteiger partial charge is 0.328 e. The van der Waals surface area contributed by atoms with Gasteiger partial charge in [0.1, 0.15) is 4.90 Å². The summed E-state index contributed by atoms with van der Waals surface area (Å²) in [6.07, 6.45) is 0. The Morgan fingerprint density at radius 2 is 1.69 bits per heavy atom. The second kappa shape index (κ2) is 5.53. The Kier molecular flexibility index (Phi) is 4.85. The van der Waals surface area contributed by atoms with Crippen LogP contribution in [0.4, 0.5) is 0 Å². The molecule has 0 bridgehead atoms. The van der Waals surface area contributed by atoms with Crippen molar-refractivity contribution >= 4 is 44.9 Å². The molecule has 4 nitrogen and oxygen atoms in total. The van der Waals surface area contributed by atoms with Crippen molar-refractivity contribution in [3.8, 4) is 0 Å². The van der Waals surface area contributed by atoms with Crippen molar-refractivity contribution in [3.05, 3.63) is 27.2 Å². The first-order valence-electron chi connectivity index (χ1n) is 4.12. The molecule has 0 radical (unpaired) electrons. The minimum absolute atomic E-state index is 0.0715. The molecule has 0 aliphatic carbocycles. The third kappa shape index (κ3) is 3.23. The van der Waals surface area contributed by atoms with E-state index in [1.165, 1.54) is 12.1 Å². The summed E-state index contributed by atoms with van der Waals surface area (Å²) in [5.41, 5.74) is 5.14. The maximum Gasteiger partial charge on any atom is 0.300 e. The Balaban J connectivity index is 3.23. The Bertz CT molecular complexity index is 466. The van der Waals surface area contributed by atoms with Gasteiger partial charge in [-0.25, -0.2) is 0 Å². The second-order valence-corrected chi connectivity index (χ2v) is 5.57. The van der Waals surface area contributed by atoms with Crippen molar-refractivity contribution < 1.29 is 12.6 Å². The molecule has 0 heterocycles. The van der Waals surface area contributed by atoms with Crippen LogP contribution >= 0.6 is 34.8 Å². The van der Waals surface area contributed by atoms with Crippen LogP contribution in [0.2, 0.25) is 15.1 Å². The Hall–Kier alpha value is -0.0400. The number of hydrogen-bond donors (Lipinski definition) is 1. The van der Waals surface area contributed by atoms with Gasteiger partial charge in [-0.2, -0.15) is 8.42 Å². The fourth-order valence-corrected chi connectivity index (χ4v) is 3.40. The molecule has 0 atom stereocenters. The lowest BCUT2D eigenvalue weighted by atomic mass is 10.4. The highest BCUT2D eigenvalue weighted by Crippen LogP contribution is 2.33. The van der Waals surface area contributed by atoms with Gasteiger partial charge >= 0.3 is 0 Å². The van der Waals surface area contributed by atoms with Crippen LogP contribution in [0, 0.1) is 0 Å². The predicted octanol–water partition coefficient (Wildman–Crippen LogP) is 2.31. The fourth-order valence-electron chi connectivity index (χ4n) is 0.985. The molecular formula is C8H8Cl3NO3S. The van der Waals surface area contributed by atoms with Gasteiger partial charge in [-0.1, -0.05) is 34.8 Å². The average molecular weight is 305 g/mol. The van der Waals surface area contributed by atoms with Crippen molar-refractivity contribution in [3.63, 3.8) is 0 Å². The topological polar surface area (TPSA) is 69.4 Å². The van der Waals surface area contributed by atoms with Gasteiger partial charge in [0.05, 0.1) is 16.7 Å². The summed E-state index contributed by atoms with van der Waals surface area (Å²) in [4.78, 5) is -0.298. The normalized spacial score (nSPS) is 11.8. The van der Waals surface area contributed by atoms with Crippen molar-refractivity contribution in [1.82, 2.24) is 0 Å². The predicted molar refractivity (Wildman–Crippen MR) is 63.7 cm³/mol. The van der Waals surface area contributed by atoms with Crippen LogP contribution in [0.3, 0.4) is 0 Å². The third-order valence-electron chi connectivity index (χ3n) is 1.57. The molecule has 2 N–H and O–H groups in total. The van der Waals surface area contributed by atoms with Gasteiger partial charge < -0.3 is 5.73 Å². The van der Waals surface area contributed by atoms with Crippen molar-refractivity contribution in [2.45, 2.75) is 4.90 Å². The van der Waals surface area contributed by atoms with Gasteiger partial charge in [0.15, 0.2) is 0 Å². The quantitative estimate of drug-likeness (QED) is 0.867. The van der Waals surface area contributed by atoms with Crippen LogP contribution in [-0.2, 0) is 14.3 Å². The monoisotopic (exact) mass is 303 g/mol. The van der Waals surface area contributed by atoms with Gasteiger partial charge in [0, 0.05) is 11.6 Å². The molecule has 0 unspecified atom stereocenters. The Morgan fingerprint density at radius 3 is 2.12 bits per heavy atom. The number of hydrogen-bond acceptors (Lipinski definition) is 4.